The van der Waals surface area contributed by atoms with Crippen LogP contribution in [0, 0.1) is 17.1 Å². The lowest BCUT2D eigenvalue weighted by molar-refractivity contribution is 0.174. The van der Waals surface area contributed by atoms with Crippen molar-refractivity contribution in [3.8, 4) is 6.07 Å². The summed E-state index contributed by atoms with van der Waals surface area (Å²) >= 11 is 0. The molecular formula is C16H22FN3. The largest absolute Gasteiger partial charge is 0.305 e. The summed E-state index contributed by atoms with van der Waals surface area (Å²) in [6, 6.07) is 7.22. The molecule has 1 aliphatic rings. The van der Waals surface area contributed by atoms with Crippen LogP contribution in [0.15, 0.2) is 18.2 Å². The van der Waals surface area contributed by atoms with Gasteiger partial charge in [-0.15, -0.1) is 0 Å². The Bertz CT molecular complexity index is 495. The summed E-state index contributed by atoms with van der Waals surface area (Å²) in [6.45, 7) is 5.95. The molecule has 1 aromatic carbocycles. The minimum atomic E-state index is -0.267. The van der Waals surface area contributed by atoms with Crippen LogP contribution in [0.4, 0.5) is 4.39 Å². The molecule has 0 N–H and O–H groups in total. The first kappa shape index (κ1) is 15.0. The van der Waals surface area contributed by atoms with Gasteiger partial charge >= 0.3 is 0 Å². The highest BCUT2D eigenvalue weighted by atomic mass is 19.1. The summed E-state index contributed by atoms with van der Waals surface area (Å²) in [4.78, 5) is 4.72. The van der Waals surface area contributed by atoms with Gasteiger partial charge in [0.2, 0.25) is 0 Å². The average Bonchev–Trinajstić information content (AvgIpc) is 2.62. The van der Waals surface area contributed by atoms with Crippen LogP contribution in [-0.2, 0) is 6.54 Å². The smallest absolute Gasteiger partial charge is 0.129 e. The minimum Gasteiger partial charge on any atom is -0.305 e. The number of hydrogen-bond acceptors (Lipinski definition) is 3. The zero-order chi connectivity index (χ0) is 14.5. The zero-order valence-corrected chi connectivity index (χ0v) is 12.3. The van der Waals surface area contributed by atoms with Crippen LogP contribution in [0.25, 0.3) is 0 Å². The summed E-state index contributed by atoms with van der Waals surface area (Å²) in [5, 5.41) is 8.79. The number of nitriles is 1. The Hall–Kier alpha value is -1.44. The quantitative estimate of drug-likeness (QED) is 0.849. The van der Waals surface area contributed by atoms with E-state index in [0.29, 0.717) is 23.7 Å². The fourth-order valence-electron chi connectivity index (χ4n) is 2.85. The van der Waals surface area contributed by atoms with Gasteiger partial charge in [0.15, 0.2) is 0 Å². The molecule has 0 bridgehead atoms. The first-order chi connectivity index (χ1) is 9.63. The van der Waals surface area contributed by atoms with Crippen molar-refractivity contribution in [2.24, 2.45) is 0 Å². The van der Waals surface area contributed by atoms with Gasteiger partial charge in [0.05, 0.1) is 11.6 Å². The van der Waals surface area contributed by atoms with Gasteiger partial charge in [-0.05, 0) is 38.6 Å². The molecule has 1 aliphatic heterocycles. The number of hydrogen-bond donors (Lipinski definition) is 0. The van der Waals surface area contributed by atoms with Gasteiger partial charge in [0.1, 0.15) is 5.82 Å². The number of likely N-dealkylation sites (N-methyl/N-ethyl adjacent to an activating group) is 1. The predicted molar refractivity (Wildman–Crippen MR) is 77.7 cm³/mol. The summed E-state index contributed by atoms with van der Waals surface area (Å²) in [5.74, 6) is -0.267. The first-order valence-corrected chi connectivity index (χ1v) is 7.25. The lowest BCUT2D eigenvalue weighted by Crippen LogP contribution is -2.39. The molecular weight excluding hydrogens is 253 g/mol. The molecule has 20 heavy (non-hydrogen) atoms. The molecule has 1 aromatic rings. The molecule has 108 valence electrons. The van der Waals surface area contributed by atoms with E-state index in [1.165, 1.54) is 6.07 Å². The predicted octanol–water partition coefficient (Wildman–Crippen LogP) is 2.61. The molecule has 1 atom stereocenters. The van der Waals surface area contributed by atoms with Crippen LogP contribution in [0.1, 0.15) is 30.9 Å². The highest BCUT2D eigenvalue weighted by Crippen LogP contribution is 2.18. The molecule has 0 spiro atoms. The molecule has 1 heterocycles. The second-order valence-electron chi connectivity index (χ2n) is 5.57. The van der Waals surface area contributed by atoms with Gasteiger partial charge in [-0.1, -0.05) is 13.0 Å². The Kier molecular flexibility index (Phi) is 5.11. The fraction of sp³-hybridized carbons (Fsp3) is 0.562. The van der Waals surface area contributed by atoms with E-state index in [0.717, 1.165) is 32.5 Å². The van der Waals surface area contributed by atoms with Gasteiger partial charge in [-0.2, -0.15) is 5.26 Å². The number of rotatable bonds is 3. The van der Waals surface area contributed by atoms with E-state index in [2.05, 4.69) is 23.8 Å². The molecule has 0 aromatic heterocycles. The van der Waals surface area contributed by atoms with Gasteiger partial charge < -0.3 is 4.90 Å². The van der Waals surface area contributed by atoms with E-state index in [-0.39, 0.29) is 5.82 Å². The molecule has 3 nitrogen and oxygen atoms in total. The summed E-state index contributed by atoms with van der Waals surface area (Å²) < 4.78 is 14.0. The maximum atomic E-state index is 14.0. The molecule has 0 radical (unpaired) electrons. The highest BCUT2D eigenvalue weighted by Gasteiger charge is 2.22. The van der Waals surface area contributed by atoms with Gasteiger partial charge in [-0.3, -0.25) is 4.90 Å². The molecule has 2 rings (SSSR count). The Labute approximate surface area is 120 Å². The molecule has 0 saturated carbocycles. The lowest BCUT2D eigenvalue weighted by Gasteiger charge is -2.30. The highest BCUT2D eigenvalue weighted by molar-refractivity contribution is 5.32. The van der Waals surface area contributed by atoms with Crippen LogP contribution < -0.4 is 0 Å². The van der Waals surface area contributed by atoms with Crippen molar-refractivity contribution in [3.05, 3.63) is 35.1 Å². The Morgan fingerprint density at radius 3 is 2.85 bits per heavy atom. The number of benzene rings is 1. The van der Waals surface area contributed by atoms with Gasteiger partial charge in [-0.25, -0.2) is 4.39 Å². The van der Waals surface area contributed by atoms with E-state index in [1.54, 1.807) is 12.1 Å². The van der Waals surface area contributed by atoms with Crippen molar-refractivity contribution in [1.82, 2.24) is 9.80 Å². The van der Waals surface area contributed by atoms with E-state index in [9.17, 15) is 4.39 Å². The van der Waals surface area contributed by atoms with E-state index < -0.39 is 0 Å². The summed E-state index contributed by atoms with van der Waals surface area (Å²) in [7, 11) is 2.15. The Morgan fingerprint density at radius 2 is 2.20 bits per heavy atom. The van der Waals surface area contributed by atoms with Crippen molar-refractivity contribution in [2.45, 2.75) is 32.4 Å². The fourth-order valence-corrected chi connectivity index (χ4v) is 2.85. The van der Waals surface area contributed by atoms with E-state index in [1.807, 2.05) is 6.07 Å². The third kappa shape index (κ3) is 3.56. The van der Waals surface area contributed by atoms with Crippen LogP contribution in [0.2, 0.25) is 0 Å². The molecule has 4 heteroatoms. The molecule has 1 saturated heterocycles. The van der Waals surface area contributed by atoms with Crippen LogP contribution in [-0.4, -0.2) is 42.5 Å². The molecule has 0 aliphatic carbocycles. The van der Waals surface area contributed by atoms with Crippen LogP contribution in [0.3, 0.4) is 0 Å². The third-order valence-electron chi connectivity index (χ3n) is 4.05. The number of halogens is 1. The van der Waals surface area contributed by atoms with Crippen LogP contribution >= 0.6 is 0 Å². The zero-order valence-electron chi connectivity index (χ0n) is 12.3. The summed E-state index contributed by atoms with van der Waals surface area (Å²) in [5.41, 5.74) is 1.07. The lowest BCUT2D eigenvalue weighted by atomic mass is 10.1. The topological polar surface area (TPSA) is 30.3 Å². The SMILES string of the molecule is CCC1CN(C)CCCN1Cc1ccc(C#N)cc1F. The maximum Gasteiger partial charge on any atom is 0.129 e. The van der Waals surface area contributed by atoms with Gasteiger partial charge in [0.25, 0.3) is 0 Å². The average molecular weight is 275 g/mol. The Morgan fingerprint density at radius 1 is 1.40 bits per heavy atom. The van der Waals surface area contributed by atoms with Crippen molar-refractivity contribution in [2.75, 3.05) is 26.7 Å². The second-order valence-corrected chi connectivity index (χ2v) is 5.57. The van der Waals surface area contributed by atoms with Gasteiger partial charge in [0, 0.05) is 31.2 Å². The second kappa shape index (κ2) is 6.83. The number of nitrogens with zero attached hydrogens (tertiary/aromatic N) is 3. The minimum absolute atomic E-state index is 0.267. The molecule has 1 unspecified atom stereocenters. The van der Waals surface area contributed by atoms with Crippen molar-refractivity contribution in [3.63, 3.8) is 0 Å². The molecule has 0 amide bonds. The first-order valence-electron chi connectivity index (χ1n) is 7.25. The monoisotopic (exact) mass is 275 g/mol. The normalized spacial score (nSPS) is 21.4. The third-order valence-corrected chi connectivity index (χ3v) is 4.05. The van der Waals surface area contributed by atoms with Crippen LogP contribution in [0.5, 0.6) is 0 Å². The maximum absolute atomic E-state index is 14.0. The van der Waals surface area contributed by atoms with Crippen molar-refractivity contribution >= 4 is 0 Å². The van der Waals surface area contributed by atoms with Crippen molar-refractivity contribution < 1.29 is 4.39 Å². The summed E-state index contributed by atoms with van der Waals surface area (Å²) in [6.07, 6.45) is 2.19. The Balaban J connectivity index is 2.13. The standard InChI is InChI=1S/C16H22FN3/c1-3-15-12-19(2)7-4-8-20(15)11-14-6-5-13(10-18)9-16(14)17/h5-6,9,15H,3-4,7-8,11-12H2,1-2H3. The molecule has 1 fully saturated rings. The van der Waals surface area contributed by atoms with E-state index >= 15 is 0 Å². The van der Waals surface area contributed by atoms with Crippen molar-refractivity contribution in [1.29, 1.82) is 5.26 Å². The van der Waals surface area contributed by atoms with E-state index in [4.69, 9.17) is 5.26 Å².